The molecule has 0 bridgehead atoms. The standard InChI is InChI=1S/C13H13F3N2OS/c14-13(15,16)12-4-2-11(3-5-12)10-20(19)9-8-18-7-1-6-17-18/h1-7H,8-10H2/t20-/m1/s1. The molecule has 0 aliphatic carbocycles. The molecule has 0 saturated heterocycles. The maximum absolute atomic E-state index is 12.4. The van der Waals surface area contributed by atoms with Gasteiger partial charge in [-0.2, -0.15) is 18.3 Å². The largest absolute Gasteiger partial charge is 0.416 e. The summed E-state index contributed by atoms with van der Waals surface area (Å²) < 4.78 is 50.7. The van der Waals surface area contributed by atoms with Gasteiger partial charge in [-0.15, -0.1) is 0 Å². The minimum Gasteiger partial charge on any atom is -0.272 e. The van der Waals surface area contributed by atoms with Crippen molar-refractivity contribution in [2.45, 2.75) is 18.5 Å². The number of rotatable bonds is 5. The summed E-state index contributed by atoms with van der Waals surface area (Å²) in [6.07, 6.45) is -0.925. The third-order valence-electron chi connectivity index (χ3n) is 2.72. The monoisotopic (exact) mass is 302 g/mol. The van der Waals surface area contributed by atoms with Crippen LogP contribution >= 0.6 is 0 Å². The summed E-state index contributed by atoms with van der Waals surface area (Å²) >= 11 is 0. The first-order valence-electron chi connectivity index (χ1n) is 5.94. The molecule has 0 spiro atoms. The highest BCUT2D eigenvalue weighted by atomic mass is 32.2. The van der Waals surface area contributed by atoms with Crippen molar-refractivity contribution in [3.63, 3.8) is 0 Å². The molecule has 0 N–H and O–H groups in total. The molecule has 0 saturated carbocycles. The Morgan fingerprint density at radius 1 is 1.20 bits per heavy atom. The van der Waals surface area contributed by atoms with E-state index < -0.39 is 22.5 Å². The van der Waals surface area contributed by atoms with Crippen molar-refractivity contribution < 1.29 is 17.4 Å². The Labute approximate surface area is 116 Å². The predicted octanol–water partition coefficient (Wildman–Crippen LogP) is 2.85. The van der Waals surface area contributed by atoms with E-state index in [0.717, 1.165) is 12.1 Å². The number of hydrogen-bond acceptors (Lipinski definition) is 2. The van der Waals surface area contributed by atoms with Crippen LogP contribution in [-0.2, 0) is 29.3 Å². The summed E-state index contributed by atoms with van der Waals surface area (Å²) in [7, 11) is -1.13. The first kappa shape index (κ1) is 14.8. The fourth-order valence-electron chi connectivity index (χ4n) is 1.68. The molecule has 1 aromatic carbocycles. The molecule has 108 valence electrons. The Kier molecular flexibility index (Phi) is 4.59. The second-order valence-electron chi connectivity index (χ2n) is 4.25. The zero-order valence-electron chi connectivity index (χ0n) is 10.5. The van der Waals surface area contributed by atoms with Crippen LogP contribution in [0.5, 0.6) is 0 Å². The lowest BCUT2D eigenvalue weighted by molar-refractivity contribution is -0.137. The molecule has 0 unspecified atom stereocenters. The fraction of sp³-hybridized carbons (Fsp3) is 0.308. The molecule has 0 aliphatic rings. The second kappa shape index (κ2) is 6.21. The van der Waals surface area contributed by atoms with Gasteiger partial charge >= 0.3 is 6.18 Å². The zero-order valence-corrected chi connectivity index (χ0v) is 11.3. The minimum absolute atomic E-state index is 0.249. The van der Waals surface area contributed by atoms with Gasteiger partial charge in [-0.05, 0) is 23.8 Å². The SMILES string of the molecule is O=[S@](CCn1cccn1)Cc1ccc(C(F)(F)F)cc1. The van der Waals surface area contributed by atoms with Crippen molar-refractivity contribution in [2.24, 2.45) is 0 Å². The molecule has 7 heteroatoms. The molecular weight excluding hydrogens is 289 g/mol. The van der Waals surface area contributed by atoms with Crippen molar-refractivity contribution in [2.75, 3.05) is 5.75 Å². The lowest BCUT2D eigenvalue weighted by Gasteiger charge is -2.07. The molecule has 20 heavy (non-hydrogen) atoms. The second-order valence-corrected chi connectivity index (χ2v) is 5.83. The molecule has 1 aromatic heterocycles. The van der Waals surface area contributed by atoms with Gasteiger partial charge in [0.1, 0.15) is 0 Å². The highest BCUT2D eigenvalue weighted by Crippen LogP contribution is 2.29. The van der Waals surface area contributed by atoms with Crippen molar-refractivity contribution in [1.29, 1.82) is 0 Å². The van der Waals surface area contributed by atoms with Gasteiger partial charge in [0.15, 0.2) is 0 Å². The highest BCUT2D eigenvalue weighted by Gasteiger charge is 2.29. The Balaban J connectivity index is 1.88. The van der Waals surface area contributed by atoms with Crippen LogP contribution in [0.3, 0.4) is 0 Å². The Bertz CT molecular complexity index is 564. The number of alkyl halides is 3. The van der Waals surface area contributed by atoms with E-state index in [9.17, 15) is 17.4 Å². The maximum atomic E-state index is 12.4. The predicted molar refractivity (Wildman–Crippen MR) is 70.4 cm³/mol. The van der Waals surface area contributed by atoms with Crippen LogP contribution in [0, 0.1) is 0 Å². The molecule has 0 radical (unpaired) electrons. The Hall–Kier alpha value is -1.63. The summed E-state index contributed by atoms with van der Waals surface area (Å²) in [6.45, 7) is 0.528. The molecule has 2 aromatic rings. The van der Waals surface area contributed by atoms with Crippen molar-refractivity contribution >= 4 is 10.8 Å². The third-order valence-corrected chi connectivity index (χ3v) is 4.01. The minimum atomic E-state index is -4.34. The third kappa shape index (κ3) is 4.19. The summed E-state index contributed by atoms with van der Waals surface area (Å²) in [6, 6.07) is 6.54. The van der Waals surface area contributed by atoms with Crippen LogP contribution in [0.4, 0.5) is 13.2 Å². The van der Waals surface area contributed by atoms with E-state index in [1.54, 1.807) is 23.1 Å². The average Bonchev–Trinajstić information content (AvgIpc) is 2.89. The van der Waals surface area contributed by atoms with E-state index in [0.29, 0.717) is 17.9 Å². The van der Waals surface area contributed by atoms with Crippen molar-refractivity contribution in [3.8, 4) is 0 Å². The van der Waals surface area contributed by atoms with Crippen LogP contribution in [0.15, 0.2) is 42.7 Å². The van der Waals surface area contributed by atoms with Gasteiger partial charge in [-0.25, -0.2) is 0 Å². The quantitative estimate of drug-likeness (QED) is 0.851. The topological polar surface area (TPSA) is 34.9 Å². The van der Waals surface area contributed by atoms with Gasteiger partial charge in [0, 0.05) is 34.7 Å². The van der Waals surface area contributed by atoms with Gasteiger partial charge < -0.3 is 0 Å². The number of nitrogens with zero attached hydrogens (tertiary/aromatic N) is 2. The van der Waals surface area contributed by atoms with Crippen LogP contribution in [0.2, 0.25) is 0 Å². The summed E-state index contributed by atoms with van der Waals surface area (Å²) in [5.41, 5.74) is -0.0552. The number of hydrogen-bond donors (Lipinski definition) is 0. The lowest BCUT2D eigenvalue weighted by Crippen LogP contribution is -2.10. The molecule has 3 nitrogen and oxygen atoms in total. The zero-order chi connectivity index (χ0) is 14.6. The first-order chi connectivity index (χ1) is 9.45. The lowest BCUT2D eigenvalue weighted by atomic mass is 10.1. The molecule has 1 heterocycles. The first-order valence-corrected chi connectivity index (χ1v) is 7.42. The Morgan fingerprint density at radius 2 is 1.90 bits per heavy atom. The van der Waals surface area contributed by atoms with Crippen LogP contribution < -0.4 is 0 Å². The smallest absolute Gasteiger partial charge is 0.272 e. The van der Waals surface area contributed by atoms with Gasteiger partial charge in [0.2, 0.25) is 0 Å². The van der Waals surface area contributed by atoms with Gasteiger partial charge in [0.25, 0.3) is 0 Å². The highest BCUT2D eigenvalue weighted by molar-refractivity contribution is 7.84. The number of aryl methyl sites for hydroxylation is 1. The van der Waals surface area contributed by atoms with Gasteiger partial charge in [0.05, 0.1) is 12.1 Å². The van der Waals surface area contributed by atoms with Crippen LogP contribution in [-0.4, -0.2) is 19.7 Å². The van der Waals surface area contributed by atoms with Crippen LogP contribution in [0.1, 0.15) is 11.1 Å². The number of halogens is 3. The number of aromatic nitrogens is 2. The van der Waals surface area contributed by atoms with Gasteiger partial charge in [-0.3, -0.25) is 8.89 Å². The van der Waals surface area contributed by atoms with E-state index in [1.165, 1.54) is 12.1 Å². The Morgan fingerprint density at radius 3 is 2.45 bits per heavy atom. The van der Waals surface area contributed by atoms with Gasteiger partial charge in [-0.1, -0.05) is 12.1 Å². The van der Waals surface area contributed by atoms with Crippen molar-refractivity contribution in [1.82, 2.24) is 9.78 Å². The molecule has 1 atom stereocenters. The average molecular weight is 302 g/mol. The van der Waals surface area contributed by atoms with Crippen LogP contribution in [0.25, 0.3) is 0 Å². The maximum Gasteiger partial charge on any atom is 0.416 e. The molecule has 0 aliphatic heterocycles. The van der Waals surface area contributed by atoms with E-state index >= 15 is 0 Å². The van der Waals surface area contributed by atoms with E-state index in [1.807, 2.05) is 0 Å². The van der Waals surface area contributed by atoms with E-state index in [-0.39, 0.29) is 5.75 Å². The normalized spacial score (nSPS) is 13.3. The summed E-state index contributed by atoms with van der Waals surface area (Å²) in [5, 5.41) is 3.99. The number of benzene rings is 1. The van der Waals surface area contributed by atoms with E-state index in [2.05, 4.69) is 5.10 Å². The summed E-state index contributed by atoms with van der Waals surface area (Å²) in [4.78, 5) is 0. The molecule has 2 rings (SSSR count). The molecule has 0 amide bonds. The van der Waals surface area contributed by atoms with E-state index in [4.69, 9.17) is 0 Å². The van der Waals surface area contributed by atoms with Crippen molar-refractivity contribution in [3.05, 3.63) is 53.9 Å². The summed E-state index contributed by atoms with van der Waals surface area (Å²) in [5.74, 6) is 0.669. The molecule has 0 fully saturated rings. The molecular formula is C13H13F3N2OS. The fourth-order valence-corrected chi connectivity index (χ4v) is 2.78.